The maximum absolute atomic E-state index is 13.0. The molecule has 4 heteroatoms. The maximum Gasteiger partial charge on any atom is 0.141 e. The smallest absolute Gasteiger partial charge is 0.141 e. The van der Waals surface area contributed by atoms with Gasteiger partial charge in [0.2, 0.25) is 0 Å². The number of rotatable bonds is 3. The van der Waals surface area contributed by atoms with Crippen LogP contribution in [0.2, 0.25) is 0 Å². The van der Waals surface area contributed by atoms with Crippen molar-refractivity contribution in [2.45, 2.75) is 6.10 Å². The number of hydrogen-bond acceptors (Lipinski definition) is 2. The molecule has 1 aromatic carbocycles. The van der Waals surface area contributed by atoms with Crippen molar-refractivity contribution in [3.8, 4) is 5.75 Å². The Labute approximate surface area is 83.8 Å². The molecule has 0 aromatic heterocycles. The van der Waals surface area contributed by atoms with E-state index in [1.54, 1.807) is 12.1 Å². The van der Waals surface area contributed by atoms with Gasteiger partial charge in [0, 0.05) is 6.07 Å². The lowest BCUT2D eigenvalue weighted by Crippen LogP contribution is -2.04. The zero-order chi connectivity index (χ0) is 9.26. The van der Waals surface area contributed by atoms with Gasteiger partial charge in [-0.05, 0) is 28.1 Å². The highest BCUT2D eigenvalue weighted by molar-refractivity contribution is 9.10. The van der Waals surface area contributed by atoms with Gasteiger partial charge in [-0.3, -0.25) is 0 Å². The molecule has 2 nitrogen and oxygen atoms in total. The Hall–Kier alpha value is -0.610. The molecule has 1 aliphatic heterocycles. The fraction of sp³-hybridized carbons (Fsp3) is 0.333. The van der Waals surface area contributed by atoms with Crippen LogP contribution in [0, 0.1) is 5.82 Å². The molecule has 0 spiro atoms. The molecular weight excluding hydrogens is 239 g/mol. The van der Waals surface area contributed by atoms with Crippen LogP contribution < -0.4 is 4.74 Å². The summed E-state index contributed by atoms with van der Waals surface area (Å²) in [5.41, 5.74) is 0. The summed E-state index contributed by atoms with van der Waals surface area (Å²) in [5, 5.41) is 0. The molecule has 1 aromatic rings. The topological polar surface area (TPSA) is 21.8 Å². The Kier molecular flexibility index (Phi) is 2.51. The lowest BCUT2D eigenvalue weighted by Gasteiger charge is -2.04. The molecule has 1 atom stereocenters. The summed E-state index contributed by atoms with van der Waals surface area (Å²) in [6, 6.07) is 4.69. The molecule has 1 aliphatic rings. The van der Waals surface area contributed by atoms with E-state index in [2.05, 4.69) is 15.9 Å². The highest BCUT2D eigenvalue weighted by atomic mass is 79.9. The van der Waals surface area contributed by atoms with Gasteiger partial charge in [-0.25, -0.2) is 4.39 Å². The Morgan fingerprint density at radius 1 is 1.62 bits per heavy atom. The van der Waals surface area contributed by atoms with Gasteiger partial charge >= 0.3 is 0 Å². The first kappa shape index (κ1) is 8.97. The predicted octanol–water partition coefficient (Wildman–Crippen LogP) is 2.37. The van der Waals surface area contributed by atoms with E-state index < -0.39 is 0 Å². The van der Waals surface area contributed by atoms with Crippen molar-refractivity contribution in [3.05, 3.63) is 28.5 Å². The average Bonchev–Trinajstić information content (AvgIpc) is 2.91. The minimum Gasteiger partial charge on any atom is -0.491 e. The second-order valence-electron chi connectivity index (χ2n) is 2.84. The molecule has 0 bridgehead atoms. The van der Waals surface area contributed by atoms with E-state index in [-0.39, 0.29) is 11.9 Å². The van der Waals surface area contributed by atoms with Crippen molar-refractivity contribution in [1.29, 1.82) is 0 Å². The Bertz CT molecular complexity index is 312. The first-order valence-corrected chi connectivity index (χ1v) is 4.74. The van der Waals surface area contributed by atoms with E-state index >= 15 is 0 Å². The van der Waals surface area contributed by atoms with Crippen LogP contribution in [0.3, 0.4) is 0 Å². The third kappa shape index (κ3) is 2.42. The molecule has 0 unspecified atom stereocenters. The van der Waals surface area contributed by atoms with Crippen molar-refractivity contribution >= 4 is 15.9 Å². The van der Waals surface area contributed by atoms with E-state index in [1.807, 2.05) is 0 Å². The van der Waals surface area contributed by atoms with Gasteiger partial charge in [0.1, 0.15) is 24.3 Å². The minimum absolute atomic E-state index is 0.201. The van der Waals surface area contributed by atoms with E-state index in [1.165, 1.54) is 6.07 Å². The molecule has 0 aliphatic carbocycles. The van der Waals surface area contributed by atoms with Crippen LogP contribution in [0.5, 0.6) is 5.75 Å². The second kappa shape index (κ2) is 3.64. The highest BCUT2D eigenvalue weighted by Crippen LogP contribution is 2.21. The summed E-state index contributed by atoms with van der Waals surface area (Å²) in [4.78, 5) is 0. The monoisotopic (exact) mass is 246 g/mol. The molecule has 70 valence electrons. The molecule has 0 N–H and O–H groups in total. The van der Waals surface area contributed by atoms with Gasteiger partial charge in [0.05, 0.1) is 11.1 Å². The van der Waals surface area contributed by atoms with Gasteiger partial charge < -0.3 is 9.47 Å². The van der Waals surface area contributed by atoms with Gasteiger partial charge in [-0.15, -0.1) is 0 Å². The molecule has 13 heavy (non-hydrogen) atoms. The lowest BCUT2D eigenvalue weighted by atomic mass is 10.3. The van der Waals surface area contributed by atoms with Crippen LogP contribution >= 0.6 is 15.9 Å². The molecule has 0 amide bonds. The second-order valence-corrected chi connectivity index (χ2v) is 3.70. The summed E-state index contributed by atoms with van der Waals surface area (Å²) < 4.78 is 23.6. The largest absolute Gasteiger partial charge is 0.491 e. The van der Waals surface area contributed by atoms with Crippen molar-refractivity contribution in [2.75, 3.05) is 13.2 Å². The third-order valence-corrected chi connectivity index (χ3v) is 2.37. The molecule has 0 saturated carbocycles. The van der Waals surface area contributed by atoms with E-state index in [9.17, 15) is 4.39 Å². The summed E-state index contributed by atoms with van der Waals surface area (Å²) in [6.45, 7) is 1.25. The Balaban J connectivity index is 1.98. The summed E-state index contributed by atoms with van der Waals surface area (Å²) >= 11 is 3.07. The first-order chi connectivity index (χ1) is 6.25. The first-order valence-electron chi connectivity index (χ1n) is 3.95. The highest BCUT2D eigenvalue weighted by Gasteiger charge is 2.23. The van der Waals surface area contributed by atoms with Crippen LogP contribution in [0.4, 0.5) is 4.39 Å². The minimum atomic E-state index is -0.311. The van der Waals surface area contributed by atoms with Gasteiger partial charge in [0.25, 0.3) is 0 Å². The summed E-state index contributed by atoms with van der Waals surface area (Å²) in [5.74, 6) is 0.227. The van der Waals surface area contributed by atoms with Crippen molar-refractivity contribution in [1.82, 2.24) is 0 Å². The molecule has 0 radical (unpaired) electrons. The number of ether oxygens (including phenoxy) is 2. The Morgan fingerprint density at radius 3 is 3.00 bits per heavy atom. The van der Waals surface area contributed by atoms with Crippen LogP contribution in [-0.4, -0.2) is 19.3 Å². The fourth-order valence-corrected chi connectivity index (χ4v) is 1.17. The molecule has 1 heterocycles. The van der Waals surface area contributed by atoms with Crippen LogP contribution in [0.25, 0.3) is 0 Å². The number of benzene rings is 1. The average molecular weight is 247 g/mol. The zero-order valence-corrected chi connectivity index (χ0v) is 8.38. The number of halogens is 2. The summed E-state index contributed by atoms with van der Waals surface area (Å²) in [7, 11) is 0. The maximum atomic E-state index is 13.0. The van der Waals surface area contributed by atoms with E-state index in [0.717, 1.165) is 6.61 Å². The van der Waals surface area contributed by atoms with Gasteiger partial charge in [-0.1, -0.05) is 0 Å². The fourth-order valence-electron chi connectivity index (χ4n) is 0.920. The molecule has 1 saturated heterocycles. The predicted molar refractivity (Wildman–Crippen MR) is 49.3 cm³/mol. The van der Waals surface area contributed by atoms with Gasteiger partial charge in [0.15, 0.2) is 0 Å². The SMILES string of the molecule is Fc1cc(OC[C@@H]2CO2)ccc1Br. The zero-order valence-electron chi connectivity index (χ0n) is 6.80. The van der Waals surface area contributed by atoms with Crippen molar-refractivity contribution < 1.29 is 13.9 Å². The van der Waals surface area contributed by atoms with E-state index in [0.29, 0.717) is 16.8 Å². The molecular formula is C9H8BrFO2. The van der Waals surface area contributed by atoms with Crippen LogP contribution in [-0.2, 0) is 4.74 Å². The quantitative estimate of drug-likeness (QED) is 0.765. The van der Waals surface area contributed by atoms with Crippen molar-refractivity contribution in [2.24, 2.45) is 0 Å². The van der Waals surface area contributed by atoms with Gasteiger partial charge in [-0.2, -0.15) is 0 Å². The normalized spacial score (nSPS) is 20.0. The Morgan fingerprint density at radius 2 is 2.38 bits per heavy atom. The third-order valence-electron chi connectivity index (χ3n) is 1.73. The molecule has 1 fully saturated rings. The number of hydrogen-bond donors (Lipinski definition) is 0. The van der Waals surface area contributed by atoms with Crippen LogP contribution in [0.15, 0.2) is 22.7 Å². The van der Waals surface area contributed by atoms with E-state index in [4.69, 9.17) is 9.47 Å². The van der Waals surface area contributed by atoms with Crippen LogP contribution in [0.1, 0.15) is 0 Å². The number of epoxide rings is 1. The molecule has 2 rings (SSSR count). The standard InChI is InChI=1S/C9H8BrFO2/c10-8-2-1-6(3-9(8)11)12-4-7-5-13-7/h1-3,7H,4-5H2/t7-/m1/s1. The summed E-state index contributed by atoms with van der Waals surface area (Å²) in [6.07, 6.45) is 0.201. The van der Waals surface area contributed by atoms with Crippen molar-refractivity contribution in [3.63, 3.8) is 0 Å². The lowest BCUT2D eigenvalue weighted by molar-refractivity contribution is 0.262.